The molecule has 2 fully saturated rings. The standard InChI is InChI=1S/C13H24N2O4S/c1-14(11-12(16)17)20(18,19)15-9-7-13(8-10-15)5-3-2-4-6-13/h2-11H2,1H3,(H,16,17). The first-order chi connectivity index (χ1) is 9.36. The van der Waals surface area contributed by atoms with E-state index in [4.69, 9.17) is 5.11 Å². The molecule has 0 radical (unpaired) electrons. The molecule has 0 amide bonds. The van der Waals surface area contributed by atoms with E-state index in [-0.39, 0.29) is 0 Å². The Morgan fingerprint density at radius 2 is 1.70 bits per heavy atom. The van der Waals surface area contributed by atoms with Crippen LogP contribution in [0.4, 0.5) is 0 Å². The van der Waals surface area contributed by atoms with Gasteiger partial charge in [-0.05, 0) is 31.1 Å². The molecule has 2 rings (SSSR count). The summed E-state index contributed by atoms with van der Waals surface area (Å²) in [4.78, 5) is 10.7. The van der Waals surface area contributed by atoms with Crippen molar-refractivity contribution in [3.8, 4) is 0 Å². The zero-order valence-corrected chi connectivity index (χ0v) is 12.9. The molecule has 1 saturated carbocycles. The number of rotatable bonds is 4. The SMILES string of the molecule is CN(CC(=O)O)S(=O)(=O)N1CCC2(CCCCC2)CC1. The van der Waals surface area contributed by atoms with Gasteiger partial charge in [0.05, 0.1) is 0 Å². The first-order valence-corrected chi connectivity index (χ1v) is 8.69. The van der Waals surface area contributed by atoms with Gasteiger partial charge in [-0.1, -0.05) is 19.3 Å². The molecule has 1 aliphatic heterocycles. The molecule has 1 spiro atoms. The molecule has 7 heteroatoms. The molecule has 0 unspecified atom stereocenters. The molecular weight excluding hydrogens is 280 g/mol. The number of carboxylic acid groups (broad SMARTS) is 1. The summed E-state index contributed by atoms with van der Waals surface area (Å²) >= 11 is 0. The maximum atomic E-state index is 12.3. The maximum Gasteiger partial charge on any atom is 0.318 e. The van der Waals surface area contributed by atoms with Crippen LogP contribution in [0.25, 0.3) is 0 Å². The van der Waals surface area contributed by atoms with E-state index in [1.807, 2.05) is 0 Å². The minimum Gasteiger partial charge on any atom is -0.480 e. The van der Waals surface area contributed by atoms with Crippen LogP contribution in [0.2, 0.25) is 0 Å². The van der Waals surface area contributed by atoms with Crippen LogP contribution in [0.3, 0.4) is 0 Å². The number of carboxylic acids is 1. The molecular formula is C13H24N2O4S. The average molecular weight is 304 g/mol. The highest BCUT2D eigenvalue weighted by Crippen LogP contribution is 2.44. The van der Waals surface area contributed by atoms with E-state index >= 15 is 0 Å². The molecule has 1 aliphatic carbocycles. The zero-order chi connectivity index (χ0) is 14.8. The second kappa shape index (κ2) is 5.99. The smallest absolute Gasteiger partial charge is 0.318 e. The summed E-state index contributed by atoms with van der Waals surface area (Å²) in [6.45, 7) is 0.558. The highest BCUT2D eigenvalue weighted by atomic mass is 32.2. The number of aliphatic carboxylic acids is 1. The number of carbonyl (C=O) groups is 1. The van der Waals surface area contributed by atoms with E-state index < -0.39 is 22.7 Å². The lowest BCUT2D eigenvalue weighted by Crippen LogP contribution is -2.49. The number of hydrogen-bond acceptors (Lipinski definition) is 3. The number of likely N-dealkylation sites (N-methyl/N-ethyl adjacent to an activating group) is 1. The molecule has 6 nitrogen and oxygen atoms in total. The molecule has 2 aliphatic rings. The monoisotopic (exact) mass is 304 g/mol. The van der Waals surface area contributed by atoms with Gasteiger partial charge in [-0.3, -0.25) is 4.79 Å². The van der Waals surface area contributed by atoms with Gasteiger partial charge in [-0.15, -0.1) is 0 Å². The third-order valence-electron chi connectivity index (χ3n) is 4.78. The average Bonchev–Trinajstić information content (AvgIpc) is 2.39. The Balaban J connectivity index is 1.97. The maximum absolute atomic E-state index is 12.3. The fraction of sp³-hybridized carbons (Fsp3) is 0.923. The van der Waals surface area contributed by atoms with E-state index in [9.17, 15) is 13.2 Å². The Kier molecular flexibility index (Phi) is 4.71. The summed E-state index contributed by atoms with van der Waals surface area (Å²) in [5.41, 5.74) is 0.343. The lowest BCUT2D eigenvalue weighted by Gasteiger charge is -2.44. The Morgan fingerprint density at radius 1 is 1.15 bits per heavy atom. The van der Waals surface area contributed by atoms with Crippen molar-refractivity contribution in [1.29, 1.82) is 0 Å². The van der Waals surface area contributed by atoms with Gasteiger partial charge in [0, 0.05) is 20.1 Å². The molecule has 116 valence electrons. The minimum atomic E-state index is -3.63. The summed E-state index contributed by atoms with van der Waals surface area (Å²) in [5, 5.41) is 8.72. The topological polar surface area (TPSA) is 77.9 Å². The molecule has 0 atom stereocenters. The van der Waals surface area contributed by atoms with Crippen LogP contribution in [0.5, 0.6) is 0 Å². The van der Waals surface area contributed by atoms with Gasteiger partial charge in [-0.25, -0.2) is 0 Å². The summed E-state index contributed by atoms with van der Waals surface area (Å²) < 4.78 is 26.9. The van der Waals surface area contributed by atoms with E-state index in [0.29, 0.717) is 18.5 Å². The third kappa shape index (κ3) is 3.32. The van der Waals surface area contributed by atoms with Gasteiger partial charge < -0.3 is 5.11 Å². The van der Waals surface area contributed by atoms with Gasteiger partial charge in [0.15, 0.2) is 0 Å². The molecule has 1 N–H and O–H groups in total. The van der Waals surface area contributed by atoms with Crippen molar-refractivity contribution in [2.24, 2.45) is 5.41 Å². The van der Waals surface area contributed by atoms with Crippen LogP contribution < -0.4 is 0 Å². The van der Waals surface area contributed by atoms with Gasteiger partial charge in [-0.2, -0.15) is 17.0 Å². The van der Waals surface area contributed by atoms with Crippen LogP contribution >= 0.6 is 0 Å². The van der Waals surface area contributed by atoms with Crippen molar-refractivity contribution in [2.75, 3.05) is 26.7 Å². The summed E-state index contributed by atoms with van der Waals surface area (Å²) in [6, 6.07) is 0. The number of nitrogens with zero attached hydrogens (tertiary/aromatic N) is 2. The lowest BCUT2D eigenvalue weighted by molar-refractivity contribution is -0.137. The molecule has 1 heterocycles. The third-order valence-corrected chi connectivity index (χ3v) is 6.71. The van der Waals surface area contributed by atoms with Crippen LogP contribution in [0.15, 0.2) is 0 Å². The van der Waals surface area contributed by atoms with Crippen molar-refractivity contribution in [1.82, 2.24) is 8.61 Å². The molecule has 20 heavy (non-hydrogen) atoms. The first kappa shape index (κ1) is 15.7. The Morgan fingerprint density at radius 3 is 2.20 bits per heavy atom. The van der Waals surface area contributed by atoms with Crippen LogP contribution in [-0.2, 0) is 15.0 Å². The number of hydrogen-bond donors (Lipinski definition) is 1. The van der Waals surface area contributed by atoms with Crippen molar-refractivity contribution in [3.05, 3.63) is 0 Å². The largest absolute Gasteiger partial charge is 0.480 e. The molecule has 0 aromatic rings. The van der Waals surface area contributed by atoms with Crippen LogP contribution in [0.1, 0.15) is 44.9 Å². The summed E-state index contributed by atoms with van der Waals surface area (Å²) in [6.07, 6.45) is 8.06. The Hall–Kier alpha value is -0.660. The predicted molar refractivity (Wildman–Crippen MR) is 75.5 cm³/mol. The Labute approximate surface area is 120 Å². The predicted octanol–water partition coefficient (Wildman–Crippen LogP) is 1.29. The van der Waals surface area contributed by atoms with Gasteiger partial charge in [0.2, 0.25) is 0 Å². The number of piperidine rings is 1. The van der Waals surface area contributed by atoms with Gasteiger partial charge >= 0.3 is 5.97 Å². The second-order valence-corrected chi connectivity index (χ2v) is 8.15. The molecule has 0 aromatic carbocycles. The Bertz CT molecular complexity index is 447. The highest BCUT2D eigenvalue weighted by molar-refractivity contribution is 7.86. The van der Waals surface area contributed by atoms with Crippen molar-refractivity contribution >= 4 is 16.2 Å². The fourth-order valence-electron chi connectivity index (χ4n) is 3.46. The zero-order valence-electron chi connectivity index (χ0n) is 12.0. The van der Waals surface area contributed by atoms with Crippen LogP contribution in [-0.4, -0.2) is 54.8 Å². The second-order valence-electron chi connectivity index (χ2n) is 6.12. The van der Waals surface area contributed by atoms with Crippen molar-refractivity contribution in [3.63, 3.8) is 0 Å². The quantitative estimate of drug-likeness (QED) is 0.849. The summed E-state index contributed by atoms with van der Waals surface area (Å²) in [7, 11) is -2.30. The van der Waals surface area contributed by atoms with Crippen LogP contribution in [0, 0.1) is 5.41 Å². The molecule has 1 saturated heterocycles. The van der Waals surface area contributed by atoms with E-state index in [0.717, 1.165) is 17.1 Å². The van der Waals surface area contributed by atoms with E-state index in [1.54, 1.807) is 0 Å². The minimum absolute atomic E-state index is 0.343. The normalized spacial score (nSPS) is 24.1. The fourth-order valence-corrected chi connectivity index (χ4v) is 4.77. The van der Waals surface area contributed by atoms with Gasteiger partial charge in [0.1, 0.15) is 6.54 Å². The van der Waals surface area contributed by atoms with Crippen molar-refractivity contribution in [2.45, 2.75) is 44.9 Å². The molecule has 0 aromatic heterocycles. The summed E-state index contributed by atoms with van der Waals surface area (Å²) in [5.74, 6) is -1.13. The van der Waals surface area contributed by atoms with E-state index in [1.165, 1.54) is 43.5 Å². The van der Waals surface area contributed by atoms with Crippen molar-refractivity contribution < 1.29 is 18.3 Å². The lowest BCUT2D eigenvalue weighted by atomic mass is 9.68. The van der Waals surface area contributed by atoms with E-state index in [2.05, 4.69) is 0 Å². The highest BCUT2D eigenvalue weighted by Gasteiger charge is 2.39. The van der Waals surface area contributed by atoms with Gasteiger partial charge in [0.25, 0.3) is 10.2 Å². The molecule has 0 bridgehead atoms. The first-order valence-electron chi connectivity index (χ1n) is 7.29.